The maximum atomic E-state index is 12.8. The van der Waals surface area contributed by atoms with E-state index >= 15 is 0 Å². The summed E-state index contributed by atoms with van der Waals surface area (Å²) < 4.78 is 1.68. The Bertz CT molecular complexity index is 914. The molecule has 140 valence electrons. The molecule has 0 atom stereocenters. The molecule has 0 saturated carbocycles. The lowest BCUT2D eigenvalue weighted by molar-refractivity contribution is 0.0616. The van der Waals surface area contributed by atoms with Crippen LogP contribution in [0.4, 0.5) is 0 Å². The second-order valence-corrected chi connectivity index (χ2v) is 7.79. The van der Waals surface area contributed by atoms with Crippen LogP contribution >= 0.6 is 22.9 Å². The molecule has 1 saturated heterocycles. The Balaban J connectivity index is 1.41. The minimum absolute atomic E-state index is 0.110. The van der Waals surface area contributed by atoms with E-state index in [4.69, 9.17) is 11.6 Å². The molecular formula is C19H20ClN5OS. The first-order valence-corrected chi connectivity index (χ1v) is 10.1. The van der Waals surface area contributed by atoms with Gasteiger partial charge in [0.2, 0.25) is 5.82 Å². The predicted octanol–water partition coefficient (Wildman–Crippen LogP) is 3.25. The van der Waals surface area contributed by atoms with Gasteiger partial charge >= 0.3 is 0 Å². The zero-order chi connectivity index (χ0) is 18.8. The molecule has 27 heavy (non-hydrogen) atoms. The van der Waals surface area contributed by atoms with Crippen molar-refractivity contribution in [2.75, 3.05) is 26.2 Å². The lowest BCUT2D eigenvalue weighted by atomic mass is 10.2. The number of benzene rings is 1. The smallest absolute Gasteiger partial charge is 0.293 e. The van der Waals surface area contributed by atoms with Crippen LogP contribution in [0, 0.1) is 6.92 Å². The fraction of sp³-hybridized carbons (Fsp3) is 0.316. The maximum absolute atomic E-state index is 12.8. The van der Waals surface area contributed by atoms with Crippen LogP contribution in [0.2, 0.25) is 5.02 Å². The summed E-state index contributed by atoms with van der Waals surface area (Å²) in [6, 6.07) is 9.47. The van der Waals surface area contributed by atoms with Crippen molar-refractivity contribution < 1.29 is 4.79 Å². The van der Waals surface area contributed by atoms with E-state index in [2.05, 4.69) is 31.8 Å². The van der Waals surface area contributed by atoms with Gasteiger partial charge in [-0.05, 0) is 53.6 Å². The van der Waals surface area contributed by atoms with Crippen molar-refractivity contribution in [1.29, 1.82) is 0 Å². The average Bonchev–Trinajstić information content (AvgIpc) is 3.32. The zero-order valence-electron chi connectivity index (χ0n) is 15.0. The van der Waals surface area contributed by atoms with Crippen LogP contribution in [0.5, 0.6) is 0 Å². The molecule has 2 aromatic heterocycles. The number of rotatable bonds is 4. The lowest BCUT2D eigenvalue weighted by Gasteiger charge is -2.34. The van der Waals surface area contributed by atoms with Crippen molar-refractivity contribution in [3.8, 4) is 5.69 Å². The van der Waals surface area contributed by atoms with Crippen molar-refractivity contribution in [2.45, 2.75) is 13.5 Å². The molecule has 0 N–H and O–H groups in total. The Kier molecular flexibility index (Phi) is 5.24. The molecular weight excluding hydrogens is 382 g/mol. The summed E-state index contributed by atoms with van der Waals surface area (Å²) in [4.78, 5) is 21.4. The number of halogens is 1. The molecule has 0 radical (unpaired) electrons. The molecule has 3 aromatic rings. The molecule has 0 bridgehead atoms. The van der Waals surface area contributed by atoms with Gasteiger partial charge in [0.05, 0.1) is 5.69 Å². The molecule has 6 nitrogen and oxygen atoms in total. The fourth-order valence-corrected chi connectivity index (χ4v) is 3.98. The van der Waals surface area contributed by atoms with Crippen molar-refractivity contribution in [3.05, 3.63) is 63.3 Å². The Morgan fingerprint density at radius 2 is 1.89 bits per heavy atom. The van der Waals surface area contributed by atoms with E-state index in [9.17, 15) is 4.79 Å². The Hall–Kier alpha value is -2.22. The molecule has 3 heterocycles. The molecule has 8 heteroatoms. The van der Waals surface area contributed by atoms with Crippen LogP contribution in [-0.2, 0) is 6.54 Å². The standard InChI is InChI=1S/C19H20ClN5OS/c1-14-21-18(22-25(14)17-4-2-16(20)3-5-17)19(26)24-9-7-23(8-10-24)12-15-6-11-27-13-15/h2-6,11,13H,7-10,12H2,1H3. The van der Waals surface area contributed by atoms with Gasteiger partial charge in [-0.2, -0.15) is 11.3 Å². The highest BCUT2D eigenvalue weighted by Gasteiger charge is 2.25. The number of piperazine rings is 1. The zero-order valence-corrected chi connectivity index (χ0v) is 16.6. The van der Waals surface area contributed by atoms with Crippen molar-refractivity contribution in [2.24, 2.45) is 0 Å². The highest BCUT2D eigenvalue weighted by atomic mass is 35.5. The van der Waals surface area contributed by atoms with Crippen LogP contribution in [0.1, 0.15) is 22.0 Å². The Morgan fingerprint density at radius 1 is 1.15 bits per heavy atom. The molecule has 1 aliphatic rings. The van der Waals surface area contributed by atoms with Gasteiger partial charge in [-0.3, -0.25) is 9.69 Å². The SMILES string of the molecule is Cc1nc(C(=O)N2CCN(Cc3ccsc3)CC2)nn1-c1ccc(Cl)cc1. The molecule has 0 unspecified atom stereocenters. The Morgan fingerprint density at radius 3 is 2.56 bits per heavy atom. The third-order valence-corrected chi connectivity index (χ3v) is 5.66. The highest BCUT2D eigenvalue weighted by molar-refractivity contribution is 7.07. The number of carbonyl (C=O) groups is 1. The van der Waals surface area contributed by atoms with Crippen LogP contribution < -0.4 is 0 Å². The molecule has 1 fully saturated rings. The van der Waals surface area contributed by atoms with Gasteiger partial charge in [-0.15, -0.1) is 5.10 Å². The third kappa shape index (κ3) is 4.05. The molecule has 4 rings (SSSR count). The van der Waals surface area contributed by atoms with Crippen LogP contribution in [-0.4, -0.2) is 56.7 Å². The molecule has 0 spiro atoms. The first kappa shape index (κ1) is 18.2. The number of nitrogens with zero attached hydrogens (tertiary/aromatic N) is 5. The van der Waals surface area contributed by atoms with E-state index in [-0.39, 0.29) is 11.7 Å². The van der Waals surface area contributed by atoms with Crippen LogP contribution in [0.15, 0.2) is 41.1 Å². The summed E-state index contributed by atoms with van der Waals surface area (Å²) >= 11 is 7.66. The number of aryl methyl sites for hydroxylation is 1. The van der Waals surface area contributed by atoms with E-state index < -0.39 is 0 Å². The summed E-state index contributed by atoms with van der Waals surface area (Å²) in [5, 5.41) is 9.36. The third-order valence-electron chi connectivity index (χ3n) is 4.68. The van der Waals surface area contributed by atoms with Gasteiger partial charge < -0.3 is 4.90 Å². The molecule has 1 amide bonds. The fourth-order valence-electron chi connectivity index (χ4n) is 3.20. The first-order valence-electron chi connectivity index (χ1n) is 8.82. The number of hydrogen-bond donors (Lipinski definition) is 0. The number of aromatic nitrogens is 3. The first-order chi connectivity index (χ1) is 13.1. The summed E-state index contributed by atoms with van der Waals surface area (Å²) in [6.07, 6.45) is 0. The summed E-state index contributed by atoms with van der Waals surface area (Å²) in [5.74, 6) is 0.812. The topological polar surface area (TPSA) is 54.3 Å². The molecule has 0 aliphatic carbocycles. The van der Waals surface area contributed by atoms with Crippen LogP contribution in [0.3, 0.4) is 0 Å². The van der Waals surface area contributed by atoms with Crippen LogP contribution in [0.25, 0.3) is 5.69 Å². The van der Waals surface area contributed by atoms with Crippen molar-refractivity contribution in [3.63, 3.8) is 0 Å². The number of carbonyl (C=O) groups excluding carboxylic acids is 1. The lowest BCUT2D eigenvalue weighted by Crippen LogP contribution is -2.48. The quantitative estimate of drug-likeness (QED) is 0.673. The monoisotopic (exact) mass is 401 g/mol. The second-order valence-electron chi connectivity index (χ2n) is 6.57. The van der Waals surface area contributed by atoms with E-state index in [0.717, 1.165) is 25.3 Å². The normalized spacial score (nSPS) is 15.3. The minimum Gasteiger partial charge on any atom is -0.333 e. The van der Waals surface area contributed by atoms with E-state index in [0.29, 0.717) is 23.9 Å². The predicted molar refractivity (Wildman–Crippen MR) is 107 cm³/mol. The maximum Gasteiger partial charge on any atom is 0.293 e. The largest absolute Gasteiger partial charge is 0.333 e. The van der Waals surface area contributed by atoms with Gasteiger partial charge in [-0.25, -0.2) is 9.67 Å². The average molecular weight is 402 g/mol. The number of hydrogen-bond acceptors (Lipinski definition) is 5. The van der Waals surface area contributed by atoms with Gasteiger partial charge in [0.25, 0.3) is 5.91 Å². The summed E-state index contributed by atoms with van der Waals surface area (Å²) in [7, 11) is 0. The second kappa shape index (κ2) is 7.80. The highest BCUT2D eigenvalue weighted by Crippen LogP contribution is 2.16. The van der Waals surface area contributed by atoms with Gasteiger partial charge in [0.15, 0.2) is 0 Å². The number of thiophene rings is 1. The van der Waals surface area contributed by atoms with E-state index in [1.807, 2.05) is 24.0 Å². The molecule has 1 aromatic carbocycles. The summed E-state index contributed by atoms with van der Waals surface area (Å²) in [5.41, 5.74) is 2.17. The van der Waals surface area contributed by atoms with Gasteiger partial charge in [0, 0.05) is 37.7 Å². The van der Waals surface area contributed by atoms with E-state index in [1.54, 1.807) is 28.2 Å². The van der Waals surface area contributed by atoms with Gasteiger partial charge in [-0.1, -0.05) is 11.6 Å². The van der Waals surface area contributed by atoms with Crippen molar-refractivity contribution in [1.82, 2.24) is 24.6 Å². The molecule has 1 aliphatic heterocycles. The minimum atomic E-state index is -0.110. The summed E-state index contributed by atoms with van der Waals surface area (Å²) in [6.45, 7) is 5.89. The van der Waals surface area contributed by atoms with E-state index in [1.165, 1.54) is 5.56 Å². The number of amides is 1. The Labute approximate surface area is 167 Å². The van der Waals surface area contributed by atoms with Gasteiger partial charge in [0.1, 0.15) is 5.82 Å². The van der Waals surface area contributed by atoms with Crippen molar-refractivity contribution >= 4 is 28.8 Å².